The van der Waals surface area contributed by atoms with Gasteiger partial charge in [-0.1, -0.05) is 6.07 Å². The molecule has 0 atom stereocenters. The van der Waals surface area contributed by atoms with Crippen molar-refractivity contribution in [2.24, 2.45) is 5.92 Å². The smallest absolute Gasteiger partial charge is 0.225 e. The second kappa shape index (κ2) is 11.1. The highest BCUT2D eigenvalue weighted by Crippen LogP contribution is 2.28. The number of amides is 1. The molecule has 0 bridgehead atoms. The molecule has 29 heavy (non-hydrogen) atoms. The molecule has 164 valence electrons. The summed E-state index contributed by atoms with van der Waals surface area (Å²) in [6.45, 7) is 14.4. The second-order valence-corrected chi connectivity index (χ2v) is 8.73. The van der Waals surface area contributed by atoms with Crippen LogP contribution in [0.25, 0.3) is 0 Å². The predicted molar refractivity (Wildman–Crippen MR) is 122 cm³/mol. The number of carbonyl (C=O) groups is 1. The molecule has 2 fully saturated rings. The van der Waals surface area contributed by atoms with Gasteiger partial charge in [0, 0.05) is 63.0 Å². The van der Waals surface area contributed by atoms with Gasteiger partial charge in [-0.2, -0.15) is 0 Å². The molecule has 1 aromatic rings. The Hall–Kier alpha value is -1.46. The molecule has 0 unspecified atom stereocenters. The minimum Gasteiger partial charge on any atom is -0.491 e. The molecule has 0 saturated carbocycles. The number of hydrogen-bond acceptors (Lipinski definition) is 4. The van der Waals surface area contributed by atoms with E-state index in [1.165, 1.54) is 5.69 Å². The number of benzene rings is 1. The molecular formula is C23H38ClN3O2. The minimum atomic E-state index is 0. The fourth-order valence-electron chi connectivity index (χ4n) is 4.34. The van der Waals surface area contributed by atoms with Crippen molar-refractivity contribution in [1.82, 2.24) is 9.80 Å². The van der Waals surface area contributed by atoms with Gasteiger partial charge in [0.05, 0.1) is 6.10 Å². The maximum absolute atomic E-state index is 13.1. The summed E-state index contributed by atoms with van der Waals surface area (Å²) in [4.78, 5) is 20.1. The summed E-state index contributed by atoms with van der Waals surface area (Å²) in [5, 5.41) is 0. The Bertz CT molecular complexity index is 645. The van der Waals surface area contributed by atoms with Crippen LogP contribution in [-0.2, 0) is 4.79 Å². The molecule has 1 amide bonds. The summed E-state index contributed by atoms with van der Waals surface area (Å²) >= 11 is 0. The fourth-order valence-corrected chi connectivity index (χ4v) is 4.34. The van der Waals surface area contributed by atoms with Gasteiger partial charge < -0.3 is 14.5 Å². The number of anilines is 1. The van der Waals surface area contributed by atoms with Gasteiger partial charge in [0.25, 0.3) is 0 Å². The van der Waals surface area contributed by atoms with Gasteiger partial charge in [-0.15, -0.1) is 12.4 Å². The zero-order valence-corrected chi connectivity index (χ0v) is 19.3. The van der Waals surface area contributed by atoms with Gasteiger partial charge in [-0.3, -0.25) is 9.69 Å². The third kappa shape index (κ3) is 6.51. The van der Waals surface area contributed by atoms with Crippen LogP contribution in [0.2, 0.25) is 0 Å². The van der Waals surface area contributed by atoms with E-state index in [4.69, 9.17) is 4.74 Å². The average Bonchev–Trinajstić information content (AvgIpc) is 2.94. The first-order valence-electron chi connectivity index (χ1n) is 11.0. The third-order valence-electron chi connectivity index (χ3n) is 5.97. The van der Waals surface area contributed by atoms with Crippen LogP contribution >= 0.6 is 12.4 Å². The first-order valence-corrected chi connectivity index (χ1v) is 11.0. The van der Waals surface area contributed by atoms with Crippen LogP contribution in [0.5, 0.6) is 5.75 Å². The first-order chi connectivity index (χ1) is 13.4. The van der Waals surface area contributed by atoms with E-state index in [2.05, 4.69) is 46.7 Å². The molecule has 2 aliphatic heterocycles. The lowest BCUT2D eigenvalue weighted by Gasteiger charge is -2.35. The van der Waals surface area contributed by atoms with E-state index in [0.29, 0.717) is 11.9 Å². The molecule has 0 spiro atoms. The van der Waals surface area contributed by atoms with Crippen molar-refractivity contribution in [2.75, 3.05) is 44.2 Å². The fraction of sp³-hybridized carbons (Fsp3) is 0.696. The summed E-state index contributed by atoms with van der Waals surface area (Å²) in [5.74, 6) is 1.48. The average molecular weight is 424 g/mol. The van der Waals surface area contributed by atoms with Crippen molar-refractivity contribution < 1.29 is 9.53 Å². The second-order valence-electron chi connectivity index (χ2n) is 8.73. The predicted octanol–water partition coefficient (Wildman–Crippen LogP) is 4.05. The number of hydrogen-bond donors (Lipinski definition) is 0. The molecule has 0 N–H and O–H groups in total. The quantitative estimate of drug-likeness (QED) is 0.715. The van der Waals surface area contributed by atoms with Crippen molar-refractivity contribution in [3.8, 4) is 5.75 Å². The van der Waals surface area contributed by atoms with E-state index >= 15 is 0 Å². The van der Waals surface area contributed by atoms with Gasteiger partial charge in [0.1, 0.15) is 5.75 Å². The van der Waals surface area contributed by atoms with Gasteiger partial charge in [0.2, 0.25) is 5.91 Å². The van der Waals surface area contributed by atoms with Crippen molar-refractivity contribution in [1.29, 1.82) is 0 Å². The summed E-state index contributed by atoms with van der Waals surface area (Å²) < 4.78 is 5.83. The topological polar surface area (TPSA) is 36.0 Å². The van der Waals surface area contributed by atoms with Gasteiger partial charge in [0.15, 0.2) is 0 Å². The standard InChI is InChI=1S/C23H37N3O2.ClH/c1-18(2)24-11-6-12-26(16-15-24)23(27)20-9-13-25(14-10-20)21-7-5-8-22(17-21)28-19(3)4;/h5,7-8,17-20H,6,9-16H2,1-4H3;1H. The monoisotopic (exact) mass is 423 g/mol. The molecule has 0 aliphatic carbocycles. The Labute approximate surface area is 182 Å². The molecule has 6 heteroatoms. The van der Waals surface area contributed by atoms with Crippen LogP contribution in [0, 0.1) is 5.92 Å². The summed E-state index contributed by atoms with van der Waals surface area (Å²) in [6.07, 6.45) is 3.15. The molecule has 2 aliphatic rings. The van der Waals surface area contributed by atoms with Crippen LogP contribution in [-0.4, -0.2) is 67.1 Å². The van der Waals surface area contributed by atoms with E-state index in [1.807, 2.05) is 19.9 Å². The molecule has 2 saturated heterocycles. The zero-order valence-electron chi connectivity index (χ0n) is 18.5. The molecule has 0 aromatic heterocycles. The van der Waals surface area contributed by atoms with Crippen molar-refractivity contribution in [3.63, 3.8) is 0 Å². The lowest BCUT2D eigenvalue weighted by atomic mass is 9.94. The maximum atomic E-state index is 13.1. The highest BCUT2D eigenvalue weighted by atomic mass is 35.5. The van der Waals surface area contributed by atoms with E-state index in [-0.39, 0.29) is 24.4 Å². The normalized spacial score (nSPS) is 19.2. The van der Waals surface area contributed by atoms with Crippen molar-refractivity contribution in [3.05, 3.63) is 24.3 Å². The number of nitrogens with zero attached hydrogens (tertiary/aromatic N) is 3. The van der Waals surface area contributed by atoms with E-state index in [1.54, 1.807) is 0 Å². The first kappa shape index (κ1) is 23.8. The van der Waals surface area contributed by atoms with Crippen molar-refractivity contribution in [2.45, 2.75) is 59.1 Å². The summed E-state index contributed by atoms with van der Waals surface area (Å²) in [5.41, 5.74) is 1.20. The Kier molecular flexibility index (Phi) is 9.09. The Morgan fingerprint density at radius 2 is 1.72 bits per heavy atom. The Morgan fingerprint density at radius 1 is 1.00 bits per heavy atom. The largest absolute Gasteiger partial charge is 0.491 e. The van der Waals surface area contributed by atoms with E-state index in [0.717, 1.165) is 64.3 Å². The maximum Gasteiger partial charge on any atom is 0.225 e. The number of ether oxygens (including phenoxy) is 1. The van der Waals surface area contributed by atoms with Crippen LogP contribution in [0.4, 0.5) is 5.69 Å². The Balaban J connectivity index is 0.00000300. The lowest BCUT2D eigenvalue weighted by molar-refractivity contribution is -0.136. The van der Waals surface area contributed by atoms with E-state index in [9.17, 15) is 4.79 Å². The van der Waals surface area contributed by atoms with Crippen molar-refractivity contribution >= 4 is 24.0 Å². The SMILES string of the molecule is CC(C)Oc1cccc(N2CCC(C(=O)N3CCCN(C(C)C)CC3)CC2)c1.Cl. The third-order valence-corrected chi connectivity index (χ3v) is 5.97. The number of carbonyl (C=O) groups excluding carboxylic acids is 1. The molecule has 3 rings (SSSR count). The summed E-state index contributed by atoms with van der Waals surface area (Å²) in [6, 6.07) is 8.90. The lowest BCUT2D eigenvalue weighted by Crippen LogP contribution is -2.44. The minimum absolute atomic E-state index is 0. The van der Waals surface area contributed by atoms with E-state index < -0.39 is 0 Å². The number of piperidine rings is 1. The molecule has 1 aromatic carbocycles. The highest BCUT2D eigenvalue weighted by Gasteiger charge is 2.30. The zero-order chi connectivity index (χ0) is 20.1. The highest BCUT2D eigenvalue weighted by molar-refractivity contribution is 5.85. The van der Waals surface area contributed by atoms with Gasteiger partial charge in [-0.05, 0) is 59.1 Å². The molecule has 0 radical (unpaired) electrons. The van der Waals surface area contributed by atoms with Gasteiger partial charge >= 0.3 is 0 Å². The number of rotatable bonds is 5. The summed E-state index contributed by atoms with van der Waals surface area (Å²) in [7, 11) is 0. The Morgan fingerprint density at radius 3 is 2.38 bits per heavy atom. The molecule has 5 nitrogen and oxygen atoms in total. The van der Waals surface area contributed by atoms with Crippen LogP contribution in [0.15, 0.2) is 24.3 Å². The van der Waals surface area contributed by atoms with Crippen LogP contribution < -0.4 is 9.64 Å². The molecular weight excluding hydrogens is 386 g/mol. The van der Waals surface area contributed by atoms with Crippen LogP contribution in [0.3, 0.4) is 0 Å². The number of halogens is 1. The molecule has 2 heterocycles. The van der Waals surface area contributed by atoms with Gasteiger partial charge in [-0.25, -0.2) is 0 Å². The van der Waals surface area contributed by atoms with Crippen LogP contribution in [0.1, 0.15) is 47.0 Å².